The van der Waals surface area contributed by atoms with Gasteiger partial charge < -0.3 is 14.4 Å². The van der Waals surface area contributed by atoms with Crippen LogP contribution in [0.5, 0.6) is 0 Å². The highest BCUT2D eigenvalue weighted by Gasteiger charge is 2.40. The van der Waals surface area contributed by atoms with Gasteiger partial charge in [-0.15, -0.1) is 0 Å². The molecule has 0 fully saturated rings. The number of aromatic nitrogens is 1. The molecule has 7 heteroatoms. The van der Waals surface area contributed by atoms with Crippen molar-refractivity contribution in [1.82, 2.24) is 9.88 Å². The van der Waals surface area contributed by atoms with Crippen molar-refractivity contribution >= 4 is 0 Å². The molecule has 33 heavy (non-hydrogen) atoms. The summed E-state index contributed by atoms with van der Waals surface area (Å²) in [6.07, 6.45) is -0.593. The molecule has 4 nitrogen and oxygen atoms in total. The minimum absolute atomic E-state index is 0.0528. The number of hydrogen-bond donors (Lipinski definition) is 0. The Morgan fingerprint density at radius 2 is 1.79 bits per heavy atom. The van der Waals surface area contributed by atoms with Crippen LogP contribution in [0.2, 0.25) is 0 Å². The number of nitrogens with zero attached hydrogens (tertiary/aromatic N) is 2. The summed E-state index contributed by atoms with van der Waals surface area (Å²) < 4.78 is 52.9. The van der Waals surface area contributed by atoms with Gasteiger partial charge in [0, 0.05) is 18.9 Å². The summed E-state index contributed by atoms with van der Waals surface area (Å²) in [5.74, 6) is 0. The lowest BCUT2D eigenvalue weighted by molar-refractivity contribution is -0.137. The van der Waals surface area contributed by atoms with E-state index < -0.39 is 17.3 Å². The molecule has 0 saturated carbocycles. The molecule has 0 bridgehead atoms. The molecule has 0 radical (unpaired) electrons. The van der Waals surface area contributed by atoms with E-state index in [-0.39, 0.29) is 13.2 Å². The van der Waals surface area contributed by atoms with Crippen molar-refractivity contribution < 1.29 is 22.6 Å². The summed E-state index contributed by atoms with van der Waals surface area (Å²) in [5.41, 5.74) is 2.53. The standard InChI is InChI=1S/C26H27F3N2O2/c1-31(2)12-9-25(24-6-4-3-5-21(24)17-33-25)18-32-16-19-13-22(20-7-10-30-11-8-20)15-23(14-19)26(27,28)29/h3-8,10-11,13-15H,9,12,16-18H2,1-2H3. The van der Waals surface area contributed by atoms with Crippen LogP contribution in [0.15, 0.2) is 67.0 Å². The third-order valence-electron chi connectivity index (χ3n) is 5.91. The van der Waals surface area contributed by atoms with Crippen LogP contribution < -0.4 is 0 Å². The second kappa shape index (κ2) is 9.63. The van der Waals surface area contributed by atoms with Crippen LogP contribution in [0.1, 0.15) is 28.7 Å². The van der Waals surface area contributed by atoms with Gasteiger partial charge in [0.05, 0.1) is 25.4 Å². The molecule has 1 aliphatic rings. The van der Waals surface area contributed by atoms with Gasteiger partial charge >= 0.3 is 6.18 Å². The quantitative estimate of drug-likeness (QED) is 0.438. The normalized spacial score (nSPS) is 18.0. The van der Waals surface area contributed by atoms with Gasteiger partial charge in [0.25, 0.3) is 0 Å². The van der Waals surface area contributed by atoms with Crippen molar-refractivity contribution in [2.24, 2.45) is 0 Å². The maximum atomic E-state index is 13.6. The predicted octanol–water partition coefficient (Wildman–Crippen LogP) is 5.66. The fourth-order valence-electron chi connectivity index (χ4n) is 4.17. The number of ether oxygens (including phenoxy) is 2. The molecule has 0 amide bonds. The first-order valence-corrected chi connectivity index (χ1v) is 10.8. The molecule has 174 valence electrons. The number of hydrogen-bond acceptors (Lipinski definition) is 4. The molecule has 2 heterocycles. The van der Waals surface area contributed by atoms with Gasteiger partial charge in [-0.2, -0.15) is 13.2 Å². The highest BCUT2D eigenvalue weighted by molar-refractivity contribution is 5.64. The highest BCUT2D eigenvalue weighted by Crippen LogP contribution is 2.40. The minimum atomic E-state index is -4.45. The summed E-state index contributed by atoms with van der Waals surface area (Å²) in [6, 6.07) is 15.5. The molecular formula is C26H27F3N2O2. The molecule has 1 unspecified atom stereocenters. The molecule has 4 rings (SSSR count). The number of fused-ring (bicyclic) bond motifs is 1. The van der Waals surface area contributed by atoms with E-state index in [1.807, 2.05) is 38.4 Å². The van der Waals surface area contributed by atoms with Gasteiger partial charge in [0.2, 0.25) is 0 Å². The Morgan fingerprint density at radius 3 is 2.52 bits per heavy atom. The first-order chi connectivity index (χ1) is 15.8. The van der Waals surface area contributed by atoms with E-state index in [0.717, 1.165) is 36.2 Å². The average Bonchev–Trinajstić information content (AvgIpc) is 3.17. The molecule has 0 saturated heterocycles. The number of benzene rings is 2. The fraction of sp³-hybridized carbons (Fsp3) is 0.346. The third-order valence-corrected chi connectivity index (χ3v) is 5.91. The summed E-state index contributed by atoms with van der Waals surface area (Å²) >= 11 is 0. The van der Waals surface area contributed by atoms with E-state index in [9.17, 15) is 13.2 Å². The van der Waals surface area contributed by atoms with E-state index in [4.69, 9.17) is 9.47 Å². The van der Waals surface area contributed by atoms with Crippen LogP contribution in [0.4, 0.5) is 13.2 Å². The Kier molecular flexibility index (Phi) is 6.83. The molecule has 0 spiro atoms. The van der Waals surface area contributed by atoms with Gasteiger partial charge in [-0.1, -0.05) is 24.3 Å². The van der Waals surface area contributed by atoms with Crippen molar-refractivity contribution in [3.63, 3.8) is 0 Å². The maximum Gasteiger partial charge on any atom is 0.416 e. The number of rotatable bonds is 8. The Morgan fingerprint density at radius 1 is 1.03 bits per heavy atom. The van der Waals surface area contributed by atoms with Crippen molar-refractivity contribution in [3.8, 4) is 11.1 Å². The van der Waals surface area contributed by atoms with Crippen LogP contribution in [-0.2, 0) is 34.5 Å². The lowest BCUT2D eigenvalue weighted by atomic mass is 9.90. The van der Waals surface area contributed by atoms with Gasteiger partial charge in [-0.3, -0.25) is 4.98 Å². The van der Waals surface area contributed by atoms with Gasteiger partial charge in [-0.05, 0) is 78.7 Å². The topological polar surface area (TPSA) is 34.6 Å². The van der Waals surface area contributed by atoms with Crippen LogP contribution >= 0.6 is 0 Å². The van der Waals surface area contributed by atoms with E-state index in [1.165, 1.54) is 0 Å². The second-order valence-corrected chi connectivity index (χ2v) is 8.64. The Balaban J connectivity index is 1.56. The first-order valence-electron chi connectivity index (χ1n) is 10.8. The number of pyridine rings is 1. The summed E-state index contributed by atoms with van der Waals surface area (Å²) in [5, 5.41) is 0. The van der Waals surface area contributed by atoms with E-state index in [2.05, 4.69) is 9.88 Å². The SMILES string of the molecule is CN(C)CCC1(COCc2cc(-c3ccncc3)cc(C(F)(F)F)c2)OCc2ccccc21. The van der Waals surface area contributed by atoms with Gasteiger partial charge in [-0.25, -0.2) is 0 Å². The zero-order valence-corrected chi connectivity index (χ0v) is 18.7. The Hall–Kier alpha value is -2.74. The van der Waals surface area contributed by atoms with Gasteiger partial charge in [0.15, 0.2) is 0 Å². The summed E-state index contributed by atoms with van der Waals surface area (Å²) in [6.45, 7) is 1.62. The largest absolute Gasteiger partial charge is 0.416 e. The Bertz CT molecular complexity index is 1090. The minimum Gasteiger partial charge on any atom is -0.373 e. The van der Waals surface area contributed by atoms with Crippen molar-refractivity contribution in [3.05, 3.63) is 89.2 Å². The van der Waals surface area contributed by atoms with Crippen molar-refractivity contribution in [2.75, 3.05) is 27.2 Å². The van der Waals surface area contributed by atoms with Crippen LogP contribution in [-0.4, -0.2) is 37.1 Å². The van der Waals surface area contributed by atoms with E-state index in [0.29, 0.717) is 23.3 Å². The van der Waals surface area contributed by atoms with E-state index in [1.54, 1.807) is 30.6 Å². The molecule has 1 aromatic heterocycles. The zero-order chi connectivity index (χ0) is 23.5. The van der Waals surface area contributed by atoms with E-state index >= 15 is 0 Å². The second-order valence-electron chi connectivity index (χ2n) is 8.64. The summed E-state index contributed by atoms with van der Waals surface area (Å²) in [4.78, 5) is 6.03. The average molecular weight is 457 g/mol. The molecule has 0 N–H and O–H groups in total. The lowest BCUT2D eigenvalue weighted by Crippen LogP contribution is -2.35. The number of halogens is 3. The maximum absolute atomic E-state index is 13.6. The molecular weight excluding hydrogens is 429 g/mol. The Labute approximate surface area is 192 Å². The smallest absolute Gasteiger partial charge is 0.373 e. The lowest BCUT2D eigenvalue weighted by Gasteiger charge is -2.31. The van der Waals surface area contributed by atoms with Crippen LogP contribution in [0.3, 0.4) is 0 Å². The summed E-state index contributed by atoms with van der Waals surface area (Å²) in [7, 11) is 4.00. The zero-order valence-electron chi connectivity index (χ0n) is 18.7. The van der Waals surface area contributed by atoms with Crippen LogP contribution in [0.25, 0.3) is 11.1 Å². The fourth-order valence-corrected chi connectivity index (χ4v) is 4.17. The molecule has 3 aromatic rings. The third kappa shape index (κ3) is 5.43. The van der Waals surface area contributed by atoms with Crippen molar-refractivity contribution in [1.29, 1.82) is 0 Å². The number of alkyl halides is 3. The van der Waals surface area contributed by atoms with Crippen LogP contribution in [0, 0.1) is 0 Å². The molecule has 0 aliphatic carbocycles. The molecule has 1 aliphatic heterocycles. The van der Waals surface area contributed by atoms with Crippen molar-refractivity contribution in [2.45, 2.75) is 31.4 Å². The molecule has 1 atom stereocenters. The highest BCUT2D eigenvalue weighted by atomic mass is 19.4. The van der Waals surface area contributed by atoms with Gasteiger partial charge in [0.1, 0.15) is 5.60 Å². The first kappa shape index (κ1) is 23.4. The monoisotopic (exact) mass is 456 g/mol. The molecule has 2 aromatic carbocycles. The predicted molar refractivity (Wildman–Crippen MR) is 120 cm³/mol.